The third-order valence-corrected chi connectivity index (χ3v) is 10.2. The summed E-state index contributed by atoms with van der Waals surface area (Å²) in [4.78, 5) is 11.3. The van der Waals surface area contributed by atoms with Gasteiger partial charge in [0.05, 0.1) is 18.8 Å². The van der Waals surface area contributed by atoms with Gasteiger partial charge in [0.15, 0.2) is 0 Å². The number of thioether (sulfide) groups is 1. The lowest BCUT2D eigenvalue weighted by Crippen LogP contribution is -2.13. The Kier molecular flexibility index (Phi) is 8.77. The van der Waals surface area contributed by atoms with Gasteiger partial charge in [-0.25, -0.2) is 8.42 Å². The van der Waals surface area contributed by atoms with Crippen molar-refractivity contribution in [2.24, 2.45) is 0 Å². The maximum Gasteiger partial charge on any atom is 0.421 e. The number of aliphatic carboxylic acids is 1. The van der Waals surface area contributed by atoms with Crippen LogP contribution in [0.25, 0.3) is 11.1 Å². The summed E-state index contributed by atoms with van der Waals surface area (Å²) in [5, 5.41) is 9.21. The first-order valence-electron chi connectivity index (χ1n) is 14.0. The average Bonchev–Trinajstić information content (AvgIpc) is 3.49. The summed E-state index contributed by atoms with van der Waals surface area (Å²) >= 11 is 1.04. The largest absolute Gasteiger partial charge is 0.494 e. The van der Waals surface area contributed by atoms with Gasteiger partial charge in [-0.15, -0.1) is 11.8 Å². The number of alkyl halides is 3. The summed E-state index contributed by atoms with van der Waals surface area (Å²) in [5.74, 6) is -0.750. The van der Waals surface area contributed by atoms with Gasteiger partial charge < -0.3 is 14.6 Å². The van der Waals surface area contributed by atoms with Crippen LogP contribution in [0.1, 0.15) is 64.7 Å². The second-order valence-corrected chi connectivity index (χ2v) is 14.5. The molecule has 43 heavy (non-hydrogen) atoms. The monoisotopic (exact) mass is 634 g/mol. The van der Waals surface area contributed by atoms with Crippen LogP contribution in [0.3, 0.4) is 0 Å². The number of fused-ring (bicyclic) bond motifs is 2. The van der Waals surface area contributed by atoms with Crippen LogP contribution < -0.4 is 9.47 Å². The van der Waals surface area contributed by atoms with Crippen LogP contribution in [0.5, 0.6) is 11.5 Å². The van der Waals surface area contributed by atoms with E-state index in [1.165, 1.54) is 12.3 Å². The third-order valence-electron chi connectivity index (χ3n) is 7.91. The Labute approximate surface area is 253 Å². The normalized spacial score (nSPS) is 17.9. The summed E-state index contributed by atoms with van der Waals surface area (Å²) < 4.78 is 77.8. The number of hydrogen-bond acceptors (Lipinski definition) is 6. The Hall–Kier alpha value is -3.18. The van der Waals surface area contributed by atoms with E-state index in [0.29, 0.717) is 30.6 Å². The van der Waals surface area contributed by atoms with E-state index in [-0.39, 0.29) is 35.2 Å². The highest BCUT2D eigenvalue weighted by atomic mass is 32.2. The quantitative estimate of drug-likeness (QED) is 0.231. The smallest absolute Gasteiger partial charge is 0.421 e. The second kappa shape index (κ2) is 12.1. The molecule has 0 radical (unpaired) electrons. The maximum absolute atomic E-state index is 14.4. The van der Waals surface area contributed by atoms with Crippen LogP contribution >= 0.6 is 11.8 Å². The summed E-state index contributed by atoms with van der Waals surface area (Å²) in [6, 6.07) is 12.6. The number of hydrogen-bond donors (Lipinski definition) is 1. The molecule has 2 aliphatic rings. The lowest BCUT2D eigenvalue weighted by atomic mass is 9.90. The van der Waals surface area contributed by atoms with Gasteiger partial charge in [-0.05, 0) is 90.3 Å². The topological polar surface area (TPSA) is 89.9 Å². The van der Waals surface area contributed by atoms with Crippen molar-refractivity contribution in [2.45, 2.75) is 62.6 Å². The fraction of sp³-hybridized carbons (Fsp3) is 0.406. The van der Waals surface area contributed by atoms with Crippen LogP contribution in [-0.4, -0.2) is 43.9 Å². The van der Waals surface area contributed by atoms with E-state index in [4.69, 9.17) is 9.47 Å². The van der Waals surface area contributed by atoms with Gasteiger partial charge in [0.25, 0.3) is 0 Å². The van der Waals surface area contributed by atoms with E-state index in [0.717, 1.165) is 45.1 Å². The van der Waals surface area contributed by atoms with Crippen molar-refractivity contribution in [3.63, 3.8) is 0 Å². The zero-order valence-corrected chi connectivity index (χ0v) is 25.7. The molecule has 1 aliphatic carbocycles. The van der Waals surface area contributed by atoms with E-state index in [1.54, 1.807) is 6.07 Å². The molecular weight excluding hydrogens is 601 g/mol. The Morgan fingerprint density at radius 3 is 2.47 bits per heavy atom. The van der Waals surface area contributed by atoms with Crippen molar-refractivity contribution in [3.05, 3.63) is 75.8 Å². The fourth-order valence-corrected chi connectivity index (χ4v) is 8.22. The van der Waals surface area contributed by atoms with Crippen molar-refractivity contribution >= 4 is 27.6 Å². The first-order chi connectivity index (χ1) is 20.2. The Morgan fingerprint density at radius 1 is 1.09 bits per heavy atom. The third kappa shape index (κ3) is 6.82. The van der Waals surface area contributed by atoms with Gasteiger partial charge in [0.2, 0.25) is 0 Å². The SMILES string of the molecule is Cc1cc(OCCCS(C)(=O)=O)cc(C)c1-c1cccc2c1CCC2Oc1ccc2c(c1C(F)(F)F)SC[C@H]2CC(=O)O. The number of rotatable bonds is 10. The molecular formula is C32H33F3O6S2. The molecule has 1 N–H and O–H groups in total. The molecule has 2 atom stereocenters. The summed E-state index contributed by atoms with van der Waals surface area (Å²) in [6.07, 6.45) is -2.68. The highest BCUT2D eigenvalue weighted by molar-refractivity contribution is 7.99. The Morgan fingerprint density at radius 2 is 1.81 bits per heavy atom. The molecule has 1 heterocycles. The summed E-state index contributed by atoms with van der Waals surface area (Å²) in [7, 11) is -3.05. The molecule has 1 aliphatic heterocycles. The molecule has 0 bridgehead atoms. The first-order valence-corrected chi connectivity index (χ1v) is 17.1. The molecule has 230 valence electrons. The minimum absolute atomic E-state index is 0.0580. The minimum atomic E-state index is -4.65. The molecule has 5 rings (SSSR count). The summed E-state index contributed by atoms with van der Waals surface area (Å²) in [5.41, 5.74) is 5.44. The van der Waals surface area contributed by atoms with Crippen LogP contribution in [0.2, 0.25) is 0 Å². The minimum Gasteiger partial charge on any atom is -0.494 e. The lowest BCUT2D eigenvalue weighted by molar-refractivity contribution is -0.141. The fourth-order valence-electron chi connectivity index (χ4n) is 6.15. The molecule has 3 aromatic carbocycles. The molecule has 6 nitrogen and oxygen atoms in total. The van der Waals surface area contributed by atoms with Crippen molar-refractivity contribution in [1.82, 2.24) is 0 Å². The highest BCUT2D eigenvalue weighted by Gasteiger charge is 2.42. The van der Waals surface area contributed by atoms with Crippen molar-refractivity contribution in [3.8, 4) is 22.6 Å². The zero-order valence-electron chi connectivity index (χ0n) is 24.1. The maximum atomic E-state index is 14.4. The van der Waals surface area contributed by atoms with Gasteiger partial charge in [-0.3, -0.25) is 4.79 Å². The molecule has 0 amide bonds. The number of carboxylic acids is 1. The number of halogens is 3. The van der Waals surface area contributed by atoms with Gasteiger partial charge in [0.1, 0.15) is 33.0 Å². The van der Waals surface area contributed by atoms with E-state index in [2.05, 4.69) is 0 Å². The first kappa shape index (κ1) is 31.3. The van der Waals surface area contributed by atoms with E-state index < -0.39 is 39.6 Å². The molecule has 11 heteroatoms. The van der Waals surface area contributed by atoms with Gasteiger partial charge in [-0.1, -0.05) is 24.3 Å². The molecule has 0 saturated carbocycles. The number of benzene rings is 3. The van der Waals surface area contributed by atoms with Crippen LogP contribution in [0.15, 0.2) is 47.4 Å². The Balaban J connectivity index is 1.41. The van der Waals surface area contributed by atoms with Gasteiger partial charge in [0, 0.05) is 22.8 Å². The summed E-state index contributed by atoms with van der Waals surface area (Å²) in [6.45, 7) is 4.24. The molecule has 1 unspecified atom stereocenters. The van der Waals surface area contributed by atoms with E-state index in [1.807, 2.05) is 44.2 Å². The molecule has 0 spiro atoms. The number of carbonyl (C=O) groups is 1. The standard InChI is InChI=1S/C32H33F3O6S2/c1-18-14-21(40-12-5-13-43(3,38)39)15-19(2)29(18)25-7-4-6-24-23(25)9-10-26(24)41-27-11-8-22-20(16-28(36)37)17-42-31(22)30(27)32(33,34)35/h4,6-8,11,14-15,20,26H,5,9-10,12-13,16-17H2,1-3H3,(H,36,37)/t20-,26?/m1/s1. The predicted octanol–water partition coefficient (Wildman–Crippen LogP) is 7.53. The lowest BCUT2D eigenvalue weighted by Gasteiger charge is -2.22. The Bertz CT molecular complexity index is 1640. The molecule has 0 fully saturated rings. The predicted molar refractivity (Wildman–Crippen MR) is 160 cm³/mol. The second-order valence-electron chi connectivity index (χ2n) is 11.2. The molecule has 0 saturated heterocycles. The van der Waals surface area contributed by atoms with Crippen molar-refractivity contribution < 1.29 is 41.0 Å². The van der Waals surface area contributed by atoms with Crippen LogP contribution in [0.4, 0.5) is 13.2 Å². The highest BCUT2D eigenvalue weighted by Crippen LogP contribution is 2.52. The van der Waals surface area contributed by atoms with Crippen molar-refractivity contribution in [2.75, 3.05) is 24.4 Å². The number of ether oxygens (including phenoxy) is 2. The van der Waals surface area contributed by atoms with Gasteiger partial charge >= 0.3 is 12.1 Å². The zero-order chi connectivity index (χ0) is 31.1. The number of sulfone groups is 1. The number of aryl methyl sites for hydroxylation is 2. The van der Waals surface area contributed by atoms with Gasteiger partial charge in [-0.2, -0.15) is 13.2 Å². The van der Waals surface area contributed by atoms with Crippen molar-refractivity contribution in [1.29, 1.82) is 0 Å². The van der Waals surface area contributed by atoms with Crippen LogP contribution in [0, 0.1) is 13.8 Å². The van der Waals surface area contributed by atoms with E-state index in [9.17, 15) is 31.5 Å². The average molecular weight is 635 g/mol. The van der Waals surface area contributed by atoms with E-state index >= 15 is 0 Å². The molecule has 0 aromatic heterocycles. The van der Waals surface area contributed by atoms with Crippen LogP contribution in [-0.2, 0) is 27.2 Å². The molecule has 3 aromatic rings. The number of carboxylic acid groups (broad SMARTS) is 1.